The first-order valence-electron chi connectivity index (χ1n) is 6.01. The molecule has 1 aromatic carbocycles. The Morgan fingerprint density at radius 1 is 1.32 bits per heavy atom. The molecule has 1 N–H and O–H groups in total. The maximum atomic E-state index is 12.0. The largest absolute Gasteiger partial charge is 0.328 e. The summed E-state index contributed by atoms with van der Waals surface area (Å²) in [5, 5.41) is 5.70. The average molecular weight is 272 g/mol. The first-order chi connectivity index (χ1) is 9.20. The summed E-state index contributed by atoms with van der Waals surface area (Å²) in [5.74, 6) is -0.261. The van der Waals surface area contributed by atoms with Gasteiger partial charge in [-0.25, -0.2) is 4.79 Å². The van der Waals surface area contributed by atoms with Gasteiger partial charge in [0.05, 0.1) is 0 Å². The molecule has 1 saturated heterocycles. The molecular formula is C14H12N2O2S. The summed E-state index contributed by atoms with van der Waals surface area (Å²) in [5.41, 5.74) is 1.30. The minimum Gasteiger partial charge on any atom is -0.303 e. The Kier molecular flexibility index (Phi) is 2.83. The molecule has 4 nitrogen and oxygen atoms in total. The lowest BCUT2D eigenvalue weighted by molar-refractivity contribution is -0.122. The average Bonchev–Trinajstić information content (AvgIpc) is 2.93. The minimum atomic E-state index is -0.349. The van der Waals surface area contributed by atoms with Crippen LogP contribution in [0.25, 0.3) is 16.2 Å². The molecule has 5 heteroatoms. The van der Waals surface area contributed by atoms with E-state index in [2.05, 4.69) is 5.32 Å². The van der Waals surface area contributed by atoms with Crippen LogP contribution >= 0.6 is 11.3 Å². The fourth-order valence-electron chi connectivity index (χ4n) is 2.12. The number of amides is 3. The molecule has 96 valence electrons. The number of hydrogen-bond acceptors (Lipinski definition) is 3. The van der Waals surface area contributed by atoms with Gasteiger partial charge < -0.3 is 5.32 Å². The van der Waals surface area contributed by atoms with Crippen LogP contribution in [0.1, 0.15) is 12.5 Å². The van der Waals surface area contributed by atoms with Gasteiger partial charge in [0.2, 0.25) is 0 Å². The number of benzene rings is 1. The van der Waals surface area contributed by atoms with Crippen LogP contribution < -0.4 is 5.32 Å². The summed E-state index contributed by atoms with van der Waals surface area (Å²) in [6.07, 6.45) is 1.74. The molecule has 0 aliphatic carbocycles. The smallest absolute Gasteiger partial charge is 0.303 e. The van der Waals surface area contributed by atoms with Gasteiger partial charge in [-0.2, -0.15) is 0 Å². The fourth-order valence-corrected chi connectivity index (χ4v) is 3.04. The number of rotatable bonds is 2. The van der Waals surface area contributed by atoms with E-state index < -0.39 is 0 Å². The zero-order valence-corrected chi connectivity index (χ0v) is 11.2. The van der Waals surface area contributed by atoms with Gasteiger partial charge in [-0.3, -0.25) is 9.69 Å². The molecule has 0 unspecified atom stereocenters. The molecule has 0 atom stereocenters. The number of urea groups is 1. The summed E-state index contributed by atoms with van der Waals surface area (Å²) >= 11 is 1.62. The number of nitrogens with zero attached hydrogens (tertiary/aromatic N) is 1. The van der Waals surface area contributed by atoms with Crippen molar-refractivity contribution in [2.75, 3.05) is 6.54 Å². The Morgan fingerprint density at radius 3 is 2.84 bits per heavy atom. The molecule has 0 saturated carbocycles. The number of likely N-dealkylation sites (N-methyl/N-ethyl adjacent to an activating group) is 1. The second kappa shape index (κ2) is 4.51. The zero-order chi connectivity index (χ0) is 13.4. The van der Waals surface area contributed by atoms with Crippen molar-refractivity contribution >= 4 is 39.4 Å². The summed E-state index contributed by atoms with van der Waals surface area (Å²) in [6, 6.07) is 7.65. The van der Waals surface area contributed by atoms with E-state index in [-0.39, 0.29) is 11.9 Å². The van der Waals surface area contributed by atoms with Gasteiger partial charge in [-0.15, -0.1) is 11.3 Å². The molecule has 19 heavy (non-hydrogen) atoms. The van der Waals surface area contributed by atoms with E-state index in [4.69, 9.17) is 0 Å². The highest BCUT2D eigenvalue weighted by Gasteiger charge is 2.32. The molecule has 3 amide bonds. The fraction of sp³-hybridized carbons (Fsp3) is 0.143. The van der Waals surface area contributed by atoms with E-state index >= 15 is 0 Å². The SMILES string of the molecule is CCN1C(=O)N/C(=C\c2csc3ccccc23)C1=O. The summed E-state index contributed by atoms with van der Waals surface area (Å²) < 4.78 is 1.17. The molecule has 0 spiro atoms. The van der Waals surface area contributed by atoms with Crippen molar-refractivity contribution in [2.24, 2.45) is 0 Å². The van der Waals surface area contributed by atoms with E-state index in [1.165, 1.54) is 9.60 Å². The molecule has 1 fully saturated rings. The molecule has 1 aliphatic rings. The van der Waals surface area contributed by atoms with Crippen LogP contribution in [-0.4, -0.2) is 23.4 Å². The van der Waals surface area contributed by atoms with Gasteiger partial charge in [-0.1, -0.05) is 18.2 Å². The number of fused-ring (bicyclic) bond motifs is 1. The Labute approximate surface area is 114 Å². The number of nitrogens with one attached hydrogen (secondary N) is 1. The molecule has 3 rings (SSSR count). The second-order valence-electron chi connectivity index (χ2n) is 4.22. The second-order valence-corrected chi connectivity index (χ2v) is 5.14. The number of thiophene rings is 1. The Hall–Kier alpha value is -2.14. The quantitative estimate of drug-likeness (QED) is 0.675. The van der Waals surface area contributed by atoms with Gasteiger partial charge in [-0.05, 0) is 35.4 Å². The molecule has 0 bridgehead atoms. The van der Waals surface area contributed by atoms with Gasteiger partial charge >= 0.3 is 6.03 Å². The number of imide groups is 1. The van der Waals surface area contributed by atoms with Crippen molar-refractivity contribution in [3.05, 3.63) is 40.9 Å². The first-order valence-corrected chi connectivity index (χ1v) is 6.89. The summed E-state index contributed by atoms with van der Waals surface area (Å²) in [6.45, 7) is 2.16. The van der Waals surface area contributed by atoms with Crippen LogP contribution in [0.4, 0.5) is 4.79 Å². The topological polar surface area (TPSA) is 49.4 Å². The maximum absolute atomic E-state index is 12.0. The van der Waals surface area contributed by atoms with Gasteiger partial charge in [0.15, 0.2) is 0 Å². The highest BCUT2D eigenvalue weighted by Crippen LogP contribution is 2.27. The Balaban J connectivity index is 2.03. The standard InChI is InChI=1S/C14H12N2O2S/c1-2-16-13(17)11(15-14(16)18)7-9-8-19-12-6-4-3-5-10(9)12/h3-8H,2H2,1H3,(H,15,18)/b11-7-. The Morgan fingerprint density at radius 2 is 2.11 bits per heavy atom. The van der Waals surface area contributed by atoms with E-state index in [9.17, 15) is 9.59 Å². The van der Waals surface area contributed by atoms with Crippen molar-refractivity contribution in [1.82, 2.24) is 10.2 Å². The summed E-state index contributed by atoms with van der Waals surface area (Å²) in [7, 11) is 0. The van der Waals surface area contributed by atoms with Crippen LogP contribution in [0, 0.1) is 0 Å². The van der Waals surface area contributed by atoms with Gasteiger partial charge in [0.25, 0.3) is 5.91 Å². The minimum absolute atomic E-state index is 0.261. The van der Waals surface area contributed by atoms with Crippen LogP contribution in [-0.2, 0) is 4.79 Å². The van der Waals surface area contributed by atoms with Crippen molar-refractivity contribution in [2.45, 2.75) is 6.92 Å². The van der Waals surface area contributed by atoms with Crippen LogP contribution in [0.2, 0.25) is 0 Å². The molecule has 0 radical (unpaired) electrons. The normalized spacial score (nSPS) is 17.5. The third-order valence-electron chi connectivity index (χ3n) is 3.09. The highest BCUT2D eigenvalue weighted by molar-refractivity contribution is 7.17. The molecular weight excluding hydrogens is 260 g/mol. The summed E-state index contributed by atoms with van der Waals surface area (Å²) in [4.78, 5) is 24.8. The van der Waals surface area contributed by atoms with E-state index in [0.717, 1.165) is 10.9 Å². The lowest BCUT2D eigenvalue weighted by Gasteiger charge is -2.05. The highest BCUT2D eigenvalue weighted by atomic mass is 32.1. The van der Waals surface area contributed by atoms with Gasteiger partial charge in [0.1, 0.15) is 5.70 Å². The van der Waals surface area contributed by atoms with Crippen molar-refractivity contribution in [3.63, 3.8) is 0 Å². The molecule has 2 heterocycles. The van der Waals surface area contributed by atoms with Crippen LogP contribution in [0.15, 0.2) is 35.3 Å². The monoisotopic (exact) mass is 272 g/mol. The zero-order valence-electron chi connectivity index (χ0n) is 10.3. The predicted molar refractivity (Wildman–Crippen MR) is 75.7 cm³/mol. The lowest BCUT2D eigenvalue weighted by Crippen LogP contribution is -2.30. The number of carbonyl (C=O) groups is 2. The maximum Gasteiger partial charge on any atom is 0.328 e. The van der Waals surface area contributed by atoms with E-state index in [1.54, 1.807) is 24.3 Å². The number of hydrogen-bond donors (Lipinski definition) is 1. The van der Waals surface area contributed by atoms with E-state index in [1.807, 2.05) is 29.6 Å². The van der Waals surface area contributed by atoms with Crippen molar-refractivity contribution in [3.8, 4) is 0 Å². The first kappa shape index (κ1) is 11.9. The van der Waals surface area contributed by atoms with Crippen LogP contribution in [0.3, 0.4) is 0 Å². The van der Waals surface area contributed by atoms with Crippen molar-refractivity contribution in [1.29, 1.82) is 0 Å². The molecule has 1 aliphatic heterocycles. The third kappa shape index (κ3) is 1.92. The molecule has 1 aromatic heterocycles. The van der Waals surface area contributed by atoms with E-state index in [0.29, 0.717) is 12.2 Å². The van der Waals surface area contributed by atoms with Crippen LogP contribution in [0.5, 0.6) is 0 Å². The third-order valence-corrected chi connectivity index (χ3v) is 4.07. The molecule has 2 aromatic rings. The van der Waals surface area contributed by atoms with Crippen molar-refractivity contribution < 1.29 is 9.59 Å². The lowest BCUT2D eigenvalue weighted by atomic mass is 10.1. The van der Waals surface area contributed by atoms with Gasteiger partial charge in [0, 0.05) is 11.2 Å². The number of carbonyl (C=O) groups excluding carboxylic acids is 2. The Bertz CT molecular complexity index is 702. The predicted octanol–water partition coefficient (Wildman–Crippen LogP) is 2.81.